The first-order valence-corrected chi connectivity index (χ1v) is 4.15. The molecule has 0 aliphatic heterocycles. The Morgan fingerprint density at radius 2 is 2.08 bits per heavy atom. The van der Waals surface area contributed by atoms with Crippen molar-refractivity contribution < 1.29 is 19.7 Å². The third-order valence-corrected chi connectivity index (χ3v) is 1.92. The lowest BCUT2D eigenvalue weighted by atomic mass is 10.2. The van der Waals surface area contributed by atoms with Crippen LogP contribution in [0, 0.1) is 0 Å². The zero-order valence-electron chi connectivity index (χ0n) is 6.74. The number of benzene rings is 1. The molecule has 13 heavy (non-hydrogen) atoms. The summed E-state index contributed by atoms with van der Waals surface area (Å²) in [5, 5.41) is 18.4. The monoisotopic (exact) mass is 246 g/mol. The molecular formula is C8H7BrO4. The van der Waals surface area contributed by atoms with Gasteiger partial charge >= 0.3 is 5.97 Å². The summed E-state index contributed by atoms with van der Waals surface area (Å²) in [7, 11) is 1.19. The van der Waals surface area contributed by atoms with Crippen LogP contribution in [0.5, 0.6) is 11.5 Å². The first-order chi connectivity index (χ1) is 6.06. The summed E-state index contributed by atoms with van der Waals surface area (Å²) < 4.78 is 4.89. The van der Waals surface area contributed by atoms with Crippen molar-refractivity contribution in [3.05, 3.63) is 22.2 Å². The van der Waals surface area contributed by atoms with Crippen molar-refractivity contribution in [2.24, 2.45) is 0 Å². The van der Waals surface area contributed by atoms with Gasteiger partial charge in [0.05, 0.1) is 7.11 Å². The molecule has 0 aliphatic carbocycles. The number of hydrogen-bond acceptors (Lipinski definition) is 4. The molecule has 2 N–H and O–H groups in total. The van der Waals surface area contributed by atoms with Gasteiger partial charge in [0.1, 0.15) is 5.56 Å². The van der Waals surface area contributed by atoms with Gasteiger partial charge in [0, 0.05) is 4.47 Å². The predicted octanol–water partition coefficient (Wildman–Crippen LogP) is 1.65. The Morgan fingerprint density at radius 3 is 2.62 bits per heavy atom. The average Bonchev–Trinajstić information content (AvgIpc) is 2.10. The minimum Gasteiger partial charge on any atom is -0.504 e. The van der Waals surface area contributed by atoms with Crippen molar-refractivity contribution in [1.29, 1.82) is 0 Å². The topological polar surface area (TPSA) is 66.8 Å². The number of aromatic hydroxyl groups is 2. The van der Waals surface area contributed by atoms with E-state index in [2.05, 4.69) is 20.7 Å². The zero-order valence-corrected chi connectivity index (χ0v) is 8.33. The van der Waals surface area contributed by atoms with Gasteiger partial charge in [-0.15, -0.1) is 0 Å². The first-order valence-electron chi connectivity index (χ1n) is 3.36. The number of methoxy groups -OCH3 is 1. The highest BCUT2D eigenvalue weighted by Crippen LogP contribution is 2.32. The Labute approximate surface area is 82.9 Å². The number of phenolic OH excluding ortho intramolecular Hbond substituents is 2. The normalized spacial score (nSPS) is 9.69. The van der Waals surface area contributed by atoms with E-state index in [-0.39, 0.29) is 11.3 Å². The van der Waals surface area contributed by atoms with Crippen molar-refractivity contribution in [3.8, 4) is 11.5 Å². The summed E-state index contributed by atoms with van der Waals surface area (Å²) in [6.07, 6.45) is 0. The lowest BCUT2D eigenvalue weighted by Crippen LogP contribution is -2.01. The third-order valence-electron chi connectivity index (χ3n) is 1.46. The Bertz CT molecular complexity index is 348. The Hall–Kier alpha value is -1.23. The van der Waals surface area contributed by atoms with Crippen LogP contribution in [-0.4, -0.2) is 23.3 Å². The molecule has 1 rings (SSSR count). The van der Waals surface area contributed by atoms with E-state index in [1.54, 1.807) is 0 Å². The summed E-state index contributed by atoms with van der Waals surface area (Å²) in [6, 6.07) is 2.64. The van der Waals surface area contributed by atoms with Gasteiger partial charge in [-0.2, -0.15) is 0 Å². The maximum absolute atomic E-state index is 11.0. The number of carbonyl (C=O) groups excluding carboxylic acids is 1. The molecular weight excluding hydrogens is 240 g/mol. The number of halogens is 1. The van der Waals surface area contributed by atoms with Gasteiger partial charge in [0.25, 0.3) is 0 Å². The second-order valence-corrected chi connectivity index (χ2v) is 3.23. The van der Waals surface area contributed by atoms with E-state index in [4.69, 9.17) is 5.11 Å². The van der Waals surface area contributed by atoms with Gasteiger partial charge in [0.15, 0.2) is 11.5 Å². The van der Waals surface area contributed by atoms with Crippen LogP contribution in [0.25, 0.3) is 0 Å². The number of phenols is 2. The van der Waals surface area contributed by atoms with Crippen LogP contribution >= 0.6 is 15.9 Å². The van der Waals surface area contributed by atoms with Gasteiger partial charge < -0.3 is 14.9 Å². The molecule has 0 saturated heterocycles. The standard InChI is InChI=1S/C8H7BrO4/c1-13-8(12)5-2-4(9)3-6(10)7(5)11/h2-3,10-11H,1H3. The van der Waals surface area contributed by atoms with E-state index in [1.807, 2.05) is 0 Å². The van der Waals surface area contributed by atoms with Crippen molar-refractivity contribution in [3.63, 3.8) is 0 Å². The zero-order chi connectivity index (χ0) is 10.0. The summed E-state index contributed by atoms with van der Waals surface area (Å²) >= 11 is 3.07. The quantitative estimate of drug-likeness (QED) is 0.584. The van der Waals surface area contributed by atoms with Gasteiger partial charge in [0.2, 0.25) is 0 Å². The second-order valence-electron chi connectivity index (χ2n) is 2.31. The molecule has 0 saturated carbocycles. The number of carbonyl (C=O) groups is 1. The Morgan fingerprint density at radius 1 is 1.46 bits per heavy atom. The number of rotatable bonds is 1. The molecule has 0 aliphatic rings. The molecule has 1 aromatic carbocycles. The third kappa shape index (κ3) is 1.92. The number of esters is 1. The fraction of sp³-hybridized carbons (Fsp3) is 0.125. The SMILES string of the molecule is COC(=O)c1cc(Br)cc(O)c1O. The fourth-order valence-electron chi connectivity index (χ4n) is 0.850. The van der Waals surface area contributed by atoms with E-state index < -0.39 is 11.7 Å². The van der Waals surface area contributed by atoms with Crippen LogP contribution in [0.4, 0.5) is 0 Å². The van der Waals surface area contributed by atoms with Crippen LogP contribution in [0.2, 0.25) is 0 Å². The summed E-state index contributed by atoms with van der Waals surface area (Å²) in [4.78, 5) is 11.0. The lowest BCUT2D eigenvalue weighted by Gasteiger charge is -2.04. The van der Waals surface area contributed by atoms with Gasteiger partial charge in [-0.05, 0) is 12.1 Å². The minimum atomic E-state index is -0.700. The Balaban J connectivity index is 3.28. The van der Waals surface area contributed by atoms with Crippen LogP contribution in [0.1, 0.15) is 10.4 Å². The van der Waals surface area contributed by atoms with E-state index in [0.29, 0.717) is 4.47 Å². The molecule has 70 valence electrons. The van der Waals surface area contributed by atoms with Crippen molar-refractivity contribution in [2.75, 3.05) is 7.11 Å². The van der Waals surface area contributed by atoms with E-state index in [9.17, 15) is 9.90 Å². The van der Waals surface area contributed by atoms with Crippen LogP contribution < -0.4 is 0 Å². The predicted molar refractivity (Wildman–Crippen MR) is 48.8 cm³/mol. The maximum Gasteiger partial charge on any atom is 0.341 e. The highest BCUT2D eigenvalue weighted by atomic mass is 79.9. The first kappa shape index (κ1) is 9.85. The maximum atomic E-state index is 11.0. The minimum absolute atomic E-state index is 0.0747. The molecule has 0 radical (unpaired) electrons. The average molecular weight is 247 g/mol. The van der Waals surface area contributed by atoms with Crippen LogP contribution in [0.3, 0.4) is 0 Å². The van der Waals surface area contributed by atoms with E-state index in [1.165, 1.54) is 19.2 Å². The molecule has 0 bridgehead atoms. The van der Waals surface area contributed by atoms with Gasteiger partial charge in [-0.1, -0.05) is 15.9 Å². The number of ether oxygens (including phenoxy) is 1. The van der Waals surface area contributed by atoms with Crippen molar-refractivity contribution >= 4 is 21.9 Å². The van der Waals surface area contributed by atoms with Crippen molar-refractivity contribution in [2.45, 2.75) is 0 Å². The van der Waals surface area contributed by atoms with Gasteiger partial charge in [-0.25, -0.2) is 4.79 Å². The smallest absolute Gasteiger partial charge is 0.341 e. The van der Waals surface area contributed by atoms with Crippen LogP contribution in [0.15, 0.2) is 16.6 Å². The molecule has 0 aromatic heterocycles. The molecule has 0 amide bonds. The second kappa shape index (κ2) is 3.66. The van der Waals surface area contributed by atoms with Gasteiger partial charge in [-0.3, -0.25) is 0 Å². The van der Waals surface area contributed by atoms with E-state index >= 15 is 0 Å². The largest absolute Gasteiger partial charge is 0.504 e. The molecule has 0 spiro atoms. The Kier molecular flexibility index (Phi) is 2.77. The molecule has 4 nitrogen and oxygen atoms in total. The molecule has 0 unspecified atom stereocenters. The summed E-state index contributed by atoms with van der Waals surface area (Å²) in [5.41, 5.74) is -0.0747. The fourth-order valence-corrected chi connectivity index (χ4v) is 1.30. The summed E-state index contributed by atoms with van der Waals surface area (Å²) in [6.45, 7) is 0. The summed E-state index contributed by atoms with van der Waals surface area (Å²) in [5.74, 6) is -1.54. The van der Waals surface area contributed by atoms with Crippen LogP contribution in [-0.2, 0) is 4.74 Å². The number of hydrogen-bond donors (Lipinski definition) is 2. The highest BCUT2D eigenvalue weighted by Gasteiger charge is 2.15. The molecule has 0 atom stereocenters. The van der Waals surface area contributed by atoms with E-state index in [0.717, 1.165) is 0 Å². The molecule has 5 heteroatoms. The molecule has 0 heterocycles. The van der Waals surface area contributed by atoms with Crippen molar-refractivity contribution in [1.82, 2.24) is 0 Å². The molecule has 1 aromatic rings. The lowest BCUT2D eigenvalue weighted by molar-refractivity contribution is 0.0596. The highest BCUT2D eigenvalue weighted by molar-refractivity contribution is 9.10. The molecule has 0 fully saturated rings.